The molecule has 4 atom stereocenters. The van der Waals surface area contributed by atoms with Gasteiger partial charge in [-0.05, 0) is 54.8 Å². The number of thioether (sulfide) groups is 1. The molecule has 9 nitrogen and oxygen atoms in total. The molecule has 51 heavy (non-hydrogen) atoms. The van der Waals surface area contributed by atoms with Crippen LogP contribution in [0.15, 0.2) is 104 Å². The second kappa shape index (κ2) is 13.4. The molecule has 0 saturated heterocycles. The van der Waals surface area contributed by atoms with E-state index in [2.05, 4.69) is 36.9 Å². The number of hydrogen-bond donors (Lipinski definition) is 1. The molecule has 2 amide bonds. The Morgan fingerprint density at radius 2 is 1.20 bits per heavy atom. The fourth-order valence-electron chi connectivity index (χ4n) is 6.97. The van der Waals surface area contributed by atoms with Gasteiger partial charge in [-0.15, -0.1) is 0 Å². The van der Waals surface area contributed by atoms with Crippen molar-refractivity contribution in [3.05, 3.63) is 128 Å². The van der Waals surface area contributed by atoms with E-state index in [1.54, 1.807) is 73.6 Å². The molecule has 2 spiro atoms. The number of carbonyl (C=O) groups is 2. The highest BCUT2D eigenvalue weighted by Crippen LogP contribution is 2.52. The van der Waals surface area contributed by atoms with Gasteiger partial charge in [0.2, 0.25) is 0 Å². The highest BCUT2D eigenvalue weighted by atomic mass is 79.9. The first-order valence-electron chi connectivity index (χ1n) is 15.9. The van der Waals surface area contributed by atoms with Crippen LogP contribution in [0.25, 0.3) is 0 Å². The van der Waals surface area contributed by atoms with Crippen LogP contribution in [0.3, 0.4) is 0 Å². The Morgan fingerprint density at radius 1 is 0.745 bits per heavy atom. The van der Waals surface area contributed by atoms with Gasteiger partial charge in [0, 0.05) is 58.1 Å². The van der Waals surface area contributed by atoms with E-state index in [0.717, 1.165) is 8.95 Å². The molecule has 0 aromatic heterocycles. The van der Waals surface area contributed by atoms with Crippen LogP contribution in [0.2, 0.25) is 0 Å². The second-order valence-corrected chi connectivity index (χ2v) is 15.1. The third-order valence-electron chi connectivity index (χ3n) is 9.50. The van der Waals surface area contributed by atoms with Crippen LogP contribution in [0.1, 0.15) is 47.3 Å². The Morgan fingerprint density at radius 3 is 1.61 bits per heavy atom. The summed E-state index contributed by atoms with van der Waals surface area (Å²) >= 11 is 8.31. The van der Waals surface area contributed by atoms with E-state index in [1.165, 1.54) is 28.8 Å². The zero-order chi connectivity index (χ0) is 36.2. The zero-order valence-electron chi connectivity index (χ0n) is 27.6. The second-order valence-electron chi connectivity index (χ2n) is 12.5. The van der Waals surface area contributed by atoms with E-state index < -0.39 is 23.3 Å². The van der Waals surface area contributed by atoms with E-state index in [4.69, 9.17) is 20.2 Å². The summed E-state index contributed by atoms with van der Waals surface area (Å²) in [6.07, 6.45) is 1.09. The number of fused-ring (bicyclic) bond motifs is 4. The predicted molar refractivity (Wildman–Crippen MR) is 199 cm³/mol. The molecule has 14 heteroatoms. The topological polar surface area (TPSA) is 110 Å². The first-order valence-corrected chi connectivity index (χ1v) is 18.7. The molecular weight excluding hydrogens is 808 g/mol. The van der Waals surface area contributed by atoms with Crippen molar-refractivity contribution in [2.45, 2.75) is 36.1 Å². The van der Waals surface area contributed by atoms with Gasteiger partial charge in [-0.25, -0.2) is 18.8 Å². The van der Waals surface area contributed by atoms with Crippen molar-refractivity contribution in [2.24, 2.45) is 15.7 Å². The van der Waals surface area contributed by atoms with Crippen LogP contribution in [0, 0.1) is 11.6 Å². The number of ether oxygens (including phenoxy) is 2. The van der Waals surface area contributed by atoms with E-state index in [1.807, 2.05) is 24.5 Å². The summed E-state index contributed by atoms with van der Waals surface area (Å²) in [4.78, 5) is 38.4. The molecule has 4 heterocycles. The summed E-state index contributed by atoms with van der Waals surface area (Å²) in [5, 5.41) is 0.648. The number of amidine groups is 1. The molecule has 4 unspecified atom stereocenters. The number of hydrogen-bond acceptors (Lipinski definition) is 8. The van der Waals surface area contributed by atoms with Crippen LogP contribution in [0.5, 0.6) is 11.5 Å². The smallest absolute Gasteiger partial charge is 0.261 e. The molecule has 4 aromatic carbocycles. The van der Waals surface area contributed by atoms with E-state index in [0.29, 0.717) is 38.9 Å². The van der Waals surface area contributed by atoms with E-state index >= 15 is 0 Å². The summed E-state index contributed by atoms with van der Waals surface area (Å²) in [6, 6.07) is 23.8. The number of likely N-dealkylation sites (N-methyl/N-ethyl adjacent to an activating group) is 2. The largest absolute Gasteiger partial charge is 0.485 e. The van der Waals surface area contributed by atoms with Gasteiger partial charge in [0.1, 0.15) is 35.3 Å². The third kappa shape index (κ3) is 5.90. The van der Waals surface area contributed by atoms with Crippen molar-refractivity contribution >= 4 is 66.6 Å². The number of aliphatic imine (C=N–C) groups is 2. The maximum Gasteiger partial charge on any atom is 0.261 e. The van der Waals surface area contributed by atoms with E-state index in [-0.39, 0.29) is 42.2 Å². The SMILES string of the molecule is CN1C(=O)C2(CC(c3ccccc3F)Oc3ccc(Br)cc32)N=C1N.CSC1=NC2(CC(c3ccccc3F)Oc3ccc(Br)cc32)C(=O)N1C. The first kappa shape index (κ1) is 35.1. The Kier molecular flexibility index (Phi) is 9.21. The average molecular weight is 840 g/mol. The van der Waals surface area contributed by atoms with Gasteiger partial charge in [-0.3, -0.25) is 19.4 Å². The monoisotopic (exact) mass is 837 g/mol. The highest BCUT2D eigenvalue weighted by Gasteiger charge is 2.55. The number of nitrogens with zero attached hydrogens (tertiary/aromatic N) is 4. The maximum atomic E-state index is 14.4. The van der Waals surface area contributed by atoms with Gasteiger partial charge in [0.05, 0.1) is 0 Å². The van der Waals surface area contributed by atoms with Crippen LogP contribution in [0.4, 0.5) is 8.78 Å². The van der Waals surface area contributed by atoms with Crippen LogP contribution in [-0.2, 0) is 20.7 Å². The number of amides is 2. The molecule has 8 rings (SSSR count). The minimum Gasteiger partial charge on any atom is -0.485 e. The molecule has 0 radical (unpaired) electrons. The Bertz CT molecular complexity index is 2150. The van der Waals surface area contributed by atoms with Gasteiger partial charge < -0.3 is 15.2 Å². The normalized spacial score (nSPS) is 24.7. The lowest BCUT2D eigenvalue weighted by molar-refractivity contribution is -0.133. The van der Waals surface area contributed by atoms with Crippen molar-refractivity contribution in [3.63, 3.8) is 0 Å². The average Bonchev–Trinajstić information content (AvgIpc) is 3.49. The number of nitrogens with two attached hydrogens (primary N) is 1. The molecule has 262 valence electrons. The molecular formula is C37H31Br2F2N5O4S. The minimum atomic E-state index is -1.21. The summed E-state index contributed by atoms with van der Waals surface area (Å²) in [6.45, 7) is 0. The molecule has 4 aliphatic heterocycles. The number of halogens is 4. The lowest BCUT2D eigenvalue weighted by atomic mass is 9.80. The summed E-state index contributed by atoms with van der Waals surface area (Å²) in [5.74, 6) is 0.119. The van der Waals surface area contributed by atoms with Crippen molar-refractivity contribution in [2.75, 3.05) is 20.4 Å². The summed E-state index contributed by atoms with van der Waals surface area (Å²) < 4.78 is 42.4. The van der Waals surface area contributed by atoms with Crippen LogP contribution >= 0.6 is 43.6 Å². The molecule has 2 N–H and O–H groups in total. The summed E-state index contributed by atoms with van der Waals surface area (Å²) in [5.41, 5.74) is 5.78. The minimum absolute atomic E-state index is 0.120. The molecule has 0 bridgehead atoms. The van der Waals surface area contributed by atoms with Gasteiger partial charge >= 0.3 is 0 Å². The Labute approximate surface area is 314 Å². The number of benzene rings is 4. The van der Waals surface area contributed by atoms with Crippen molar-refractivity contribution in [1.82, 2.24) is 9.80 Å². The first-order chi connectivity index (χ1) is 24.4. The summed E-state index contributed by atoms with van der Waals surface area (Å²) in [7, 11) is 3.30. The Balaban J connectivity index is 0.000000159. The van der Waals surface area contributed by atoms with Crippen molar-refractivity contribution in [1.29, 1.82) is 0 Å². The van der Waals surface area contributed by atoms with Crippen LogP contribution in [-0.4, -0.2) is 53.1 Å². The molecule has 0 aliphatic carbocycles. The number of rotatable bonds is 2. The van der Waals surface area contributed by atoms with Gasteiger partial charge in [-0.1, -0.05) is 80.0 Å². The fourth-order valence-corrected chi connectivity index (χ4v) is 8.30. The lowest BCUT2D eigenvalue weighted by Gasteiger charge is -2.37. The van der Waals surface area contributed by atoms with Gasteiger partial charge in [0.25, 0.3) is 11.8 Å². The predicted octanol–water partition coefficient (Wildman–Crippen LogP) is 7.59. The molecule has 4 aromatic rings. The highest BCUT2D eigenvalue weighted by molar-refractivity contribution is 9.10. The van der Waals surface area contributed by atoms with Gasteiger partial charge in [0.15, 0.2) is 22.2 Å². The van der Waals surface area contributed by atoms with Crippen molar-refractivity contribution < 1.29 is 27.8 Å². The molecule has 4 aliphatic rings. The number of guanidine groups is 1. The fraction of sp³-hybridized carbons (Fsp3) is 0.243. The molecule has 0 saturated carbocycles. The number of carbonyl (C=O) groups excluding carboxylic acids is 2. The molecule has 0 fully saturated rings. The third-order valence-corrected chi connectivity index (χ3v) is 11.2. The van der Waals surface area contributed by atoms with Crippen LogP contribution < -0.4 is 15.2 Å². The lowest BCUT2D eigenvalue weighted by Crippen LogP contribution is -2.43. The standard InChI is InChI=1S/C19H16BrFN2O2S.C18H15BrFN3O2/c1-23-17(24)19(22-18(23)26-2)10-16(12-5-3-4-6-14(12)21)25-15-8-7-11(20)9-13(15)19;1-23-16(24)18(22-17(23)21)9-15(11-4-2-3-5-13(11)20)25-14-7-6-10(19)8-12(14)18/h3-9,16H,10H2,1-2H3;2-8,15H,9H2,1H3,(H2,21,22). The van der Waals surface area contributed by atoms with Crippen molar-refractivity contribution in [3.8, 4) is 11.5 Å². The zero-order valence-corrected chi connectivity index (χ0v) is 31.6. The van der Waals surface area contributed by atoms with E-state index in [9.17, 15) is 18.4 Å². The maximum absolute atomic E-state index is 14.4. The Hall–Kier alpha value is -4.27. The van der Waals surface area contributed by atoms with Gasteiger partial charge in [-0.2, -0.15) is 0 Å². The quantitative estimate of drug-likeness (QED) is 0.223.